The average Bonchev–Trinajstić information content (AvgIpc) is 2.91. The first-order valence-corrected chi connectivity index (χ1v) is 8.33. The van der Waals surface area contributed by atoms with Crippen LogP contribution in [0.3, 0.4) is 0 Å². The van der Waals surface area contributed by atoms with Crippen LogP contribution in [0.2, 0.25) is 0 Å². The number of hydrogen-bond acceptors (Lipinski definition) is 2. The Hall–Kier alpha value is -1.16. The van der Waals surface area contributed by atoms with Gasteiger partial charge in [-0.15, -0.1) is 11.3 Å². The number of benzene rings is 2. The van der Waals surface area contributed by atoms with Crippen LogP contribution in [0.5, 0.6) is 0 Å². The van der Waals surface area contributed by atoms with E-state index < -0.39 is 0 Å². The van der Waals surface area contributed by atoms with Crippen molar-refractivity contribution in [3.05, 3.63) is 69.5 Å². The van der Waals surface area contributed by atoms with Gasteiger partial charge in [0, 0.05) is 15.2 Å². The Morgan fingerprint density at radius 1 is 1.10 bits per heavy atom. The largest absolute Gasteiger partial charge is 0.313 e. The molecule has 1 N–H and O–H groups in total. The van der Waals surface area contributed by atoms with Crippen LogP contribution < -0.4 is 5.32 Å². The van der Waals surface area contributed by atoms with Gasteiger partial charge in [0.1, 0.15) is 0 Å². The number of fused-ring (bicyclic) bond motifs is 1. The molecule has 0 aliphatic carbocycles. The molecule has 1 aromatic heterocycles. The molecule has 1 unspecified atom stereocenters. The van der Waals surface area contributed by atoms with Crippen LogP contribution >= 0.6 is 27.3 Å². The summed E-state index contributed by atoms with van der Waals surface area (Å²) in [5.74, 6) is 0. The summed E-state index contributed by atoms with van der Waals surface area (Å²) in [5, 5.41) is 7.11. The molecule has 0 amide bonds. The van der Waals surface area contributed by atoms with E-state index in [1.165, 1.54) is 21.2 Å². The fourth-order valence-electron chi connectivity index (χ4n) is 2.49. The van der Waals surface area contributed by atoms with E-state index in [4.69, 9.17) is 0 Å². The lowest BCUT2D eigenvalue weighted by atomic mass is 9.98. The first-order valence-electron chi connectivity index (χ1n) is 6.66. The molecule has 0 radical (unpaired) electrons. The third-order valence-corrected chi connectivity index (χ3v) is 5.10. The average molecular weight is 346 g/mol. The maximum Gasteiger partial charge on any atom is 0.0372 e. The third-order valence-electron chi connectivity index (χ3n) is 3.59. The normalized spacial score (nSPS) is 12.7. The first kappa shape index (κ1) is 13.8. The van der Waals surface area contributed by atoms with Crippen LogP contribution in [0.1, 0.15) is 17.2 Å². The molecule has 3 aromatic rings. The Bertz CT molecular complexity index is 702. The summed E-state index contributed by atoms with van der Waals surface area (Å²) < 4.78 is 2.49. The molecule has 0 spiro atoms. The van der Waals surface area contributed by atoms with Gasteiger partial charge >= 0.3 is 0 Å². The maximum absolute atomic E-state index is 3.49. The Kier molecular flexibility index (Phi) is 4.20. The summed E-state index contributed by atoms with van der Waals surface area (Å²) in [6.45, 7) is 0. The molecular formula is C17H16BrNS. The molecule has 0 saturated carbocycles. The van der Waals surface area contributed by atoms with Gasteiger partial charge in [0.2, 0.25) is 0 Å². The Morgan fingerprint density at radius 2 is 1.85 bits per heavy atom. The monoisotopic (exact) mass is 345 g/mol. The first-order chi connectivity index (χ1) is 9.78. The van der Waals surface area contributed by atoms with Crippen molar-refractivity contribution in [3.8, 4) is 0 Å². The number of rotatable bonds is 4. The van der Waals surface area contributed by atoms with E-state index in [1.54, 1.807) is 0 Å². The lowest BCUT2D eigenvalue weighted by Crippen LogP contribution is -2.18. The smallest absolute Gasteiger partial charge is 0.0372 e. The molecule has 3 rings (SSSR count). The minimum Gasteiger partial charge on any atom is -0.313 e. The van der Waals surface area contributed by atoms with Crippen molar-refractivity contribution in [1.82, 2.24) is 5.32 Å². The molecule has 1 atom stereocenters. The van der Waals surface area contributed by atoms with Gasteiger partial charge in [-0.05, 0) is 53.6 Å². The summed E-state index contributed by atoms with van der Waals surface area (Å²) in [6, 6.07) is 17.6. The van der Waals surface area contributed by atoms with Gasteiger partial charge in [0.25, 0.3) is 0 Å². The van der Waals surface area contributed by atoms with Crippen LogP contribution in [0.15, 0.2) is 58.4 Å². The molecule has 0 fully saturated rings. The minimum atomic E-state index is 0.354. The van der Waals surface area contributed by atoms with E-state index in [0.29, 0.717) is 6.04 Å². The maximum atomic E-state index is 3.49. The highest BCUT2D eigenvalue weighted by molar-refractivity contribution is 9.10. The van der Waals surface area contributed by atoms with Gasteiger partial charge in [0.05, 0.1) is 0 Å². The molecular weight excluding hydrogens is 330 g/mol. The van der Waals surface area contributed by atoms with Crippen molar-refractivity contribution in [2.45, 2.75) is 12.5 Å². The second-order valence-electron chi connectivity index (χ2n) is 4.86. The fourth-order valence-corrected chi connectivity index (χ4v) is 3.77. The summed E-state index contributed by atoms with van der Waals surface area (Å²) >= 11 is 5.31. The predicted molar refractivity (Wildman–Crippen MR) is 91.5 cm³/mol. The Morgan fingerprint density at radius 3 is 2.60 bits per heavy atom. The molecule has 0 bridgehead atoms. The molecule has 102 valence electrons. The van der Waals surface area contributed by atoms with Crippen LogP contribution in [0.4, 0.5) is 0 Å². The number of nitrogens with one attached hydrogen (secondary N) is 1. The van der Waals surface area contributed by atoms with Crippen molar-refractivity contribution in [2.75, 3.05) is 7.05 Å². The summed E-state index contributed by atoms with van der Waals surface area (Å²) in [4.78, 5) is 0. The SMILES string of the molecule is CNC(Cc1ccc(Br)cc1)c1csc2ccccc12. The van der Waals surface area contributed by atoms with Gasteiger partial charge in [-0.1, -0.05) is 46.3 Å². The second-order valence-corrected chi connectivity index (χ2v) is 6.69. The molecule has 0 aliphatic rings. The fraction of sp³-hybridized carbons (Fsp3) is 0.176. The van der Waals surface area contributed by atoms with E-state index in [1.807, 2.05) is 18.4 Å². The highest BCUT2D eigenvalue weighted by Gasteiger charge is 2.14. The number of halogens is 1. The van der Waals surface area contributed by atoms with Crippen LogP contribution in [0, 0.1) is 0 Å². The van der Waals surface area contributed by atoms with Crippen molar-refractivity contribution >= 4 is 37.4 Å². The second kappa shape index (κ2) is 6.08. The van der Waals surface area contributed by atoms with Crippen LogP contribution in [-0.2, 0) is 6.42 Å². The van der Waals surface area contributed by atoms with Gasteiger partial charge in [-0.25, -0.2) is 0 Å². The Balaban J connectivity index is 1.91. The standard InChI is InChI=1S/C17H16BrNS/c1-19-16(10-12-6-8-13(18)9-7-12)15-11-20-17-5-3-2-4-14(15)17/h2-9,11,16,19H,10H2,1H3. The summed E-state index contributed by atoms with van der Waals surface area (Å²) in [5.41, 5.74) is 2.75. The lowest BCUT2D eigenvalue weighted by Gasteiger charge is -2.16. The zero-order valence-corrected chi connectivity index (χ0v) is 13.7. The van der Waals surface area contributed by atoms with Crippen molar-refractivity contribution in [2.24, 2.45) is 0 Å². The number of likely N-dealkylation sites (N-methyl/N-ethyl adjacent to an activating group) is 1. The van der Waals surface area contributed by atoms with Crippen LogP contribution in [-0.4, -0.2) is 7.05 Å². The van der Waals surface area contributed by atoms with Gasteiger partial charge in [-0.2, -0.15) is 0 Å². The Labute approximate surface area is 131 Å². The van der Waals surface area contributed by atoms with Crippen molar-refractivity contribution < 1.29 is 0 Å². The van der Waals surface area contributed by atoms with Crippen molar-refractivity contribution in [1.29, 1.82) is 0 Å². The van der Waals surface area contributed by atoms with E-state index >= 15 is 0 Å². The topological polar surface area (TPSA) is 12.0 Å². The van der Waals surface area contributed by atoms with Crippen LogP contribution in [0.25, 0.3) is 10.1 Å². The van der Waals surface area contributed by atoms with E-state index in [-0.39, 0.29) is 0 Å². The molecule has 3 heteroatoms. The molecule has 2 aromatic carbocycles. The number of thiophene rings is 1. The van der Waals surface area contributed by atoms with Gasteiger partial charge in [-0.3, -0.25) is 0 Å². The molecule has 1 heterocycles. The van der Waals surface area contributed by atoms with Gasteiger partial charge in [0.15, 0.2) is 0 Å². The predicted octanol–water partition coefficient (Wildman–Crippen LogP) is 5.17. The summed E-state index contributed by atoms with van der Waals surface area (Å²) in [6.07, 6.45) is 1.00. The highest BCUT2D eigenvalue weighted by atomic mass is 79.9. The molecule has 20 heavy (non-hydrogen) atoms. The highest BCUT2D eigenvalue weighted by Crippen LogP contribution is 2.31. The summed E-state index contributed by atoms with van der Waals surface area (Å²) in [7, 11) is 2.04. The third kappa shape index (κ3) is 2.80. The van der Waals surface area contributed by atoms with E-state index in [2.05, 4.69) is 75.2 Å². The van der Waals surface area contributed by atoms with E-state index in [9.17, 15) is 0 Å². The zero-order valence-electron chi connectivity index (χ0n) is 11.3. The van der Waals surface area contributed by atoms with Crippen molar-refractivity contribution in [3.63, 3.8) is 0 Å². The number of hydrogen-bond donors (Lipinski definition) is 1. The molecule has 0 aliphatic heterocycles. The quantitative estimate of drug-likeness (QED) is 0.687. The lowest BCUT2D eigenvalue weighted by molar-refractivity contribution is 0.597. The molecule has 1 nitrogen and oxygen atoms in total. The minimum absolute atomic E-state index is 0.354. The van der Waals surface area contributed by atoms with Gasteiger partial charge < -0.3 is 5.32 Å². The van der Waals surface area contributed by atoms with E-state index in [0.717, 1.165) is 10.9 Å². The zero-order chi connectivity index (χ0) is 13.9. The molecule has 0 saturated heterocycles.